The summed E-state index contributed by atoms with van der Waals surface area (Å²) in [7, 11) is 0. The van der Waals surface area contributed by atoms with Crippen LogP contribution in [0.3, 0.4) is 0 Å². The first-order chi connectivity index (χ1) is 11.9. The number of benzene rings is 1. The number of carbonyl (C=O) groups is 2. The van der Waals surface area contributed by atoms with Crippen LogP contribution in [0, 0.1) is 13.8 Å². The maximum absolute atomic E-state index is 12.4. The second-order valence-electron chi connectivity index (χ2n) is 6.08. The van der Waals surface area contributed by atoms with E-state index in [4.69, 9.17) is 0 Å². The zero-order valence-electron chi connectivity index (χ0n) is 14.5. The molecule has 1 aliphatic heterocycles. The van der Waals surface area contributed by atoms with Crippen LogP contribution in [-0.2, 0) is 4.79 Å². The molecular formula is C19H20BrN3O2. The van der Waals surface area contributed by atoms with E-state index < -0.39 is 0 Å². The molecule has 25 heavy (non-hydrogen) atoms. The Kier molecular flexibility index (Phi) is 4.81. The van der Waals surface area contributed by atoms with E-state index in [0.717, 1.165) is 33.5 Å². The van der Waals surface area contributed by atoms with Crippen LogP contribution in [0.2, 0.25) is 0 Å². The third kappa shape index (κ3) is 3.26. The lowest BCUT2D eigenvalue weighted by atomic mass is 10.2. The van der Waals surface area contributed by atoms with E-state index in [2.05, 4.69) is 25.8 Å². The molecule has 0 aliphatic carbocycles. The normalized spacial score (nSPS) is 16.0. The van der Waals surface area contributed by atoms with Crippen LogP contribution in [0.25, 0.3) is 11.8 Å². The van der Waals surface area contributed by atoms with Gasteiger partial charge in [-0.25, -0.2) is 4.79 Å². The minimum Gasteiger partial charge on any atom is -0.318 e. The molecule has 0 atom stereocenters. The van der Waals surface area contributed by atoms with Gasteiger partial charge in [0.05, 0.1) is 0 Å². The van der Waals surface area contributed by atoms with E-state index in [1.165, 1.54) is 4.90 Å². The Bertz CT molecular complexity index is 866. The van der Waals surface area contributed by atoms with Crippen LogP contribution >= 0.6 is 15.9 Å². The molecule has 1 aliphatic rings. The Morgan fingerprint density at radius 2 is 1.84 bits per heavy atom. The van der Waals surface area contributed by atoms with Gasteiger partial charge in [-0.15, -0.1) is 0 Å². The standard InChI is InChI=1S/C19H20BrN3O2/c1-4-9-22-18(24)17(21-19(22)25)11-14-10-12(2)23(13(14)3)16-7-5-15(20)6-8-16/h5-8,10-11H,4,9H2,1-3H3,(H,21,25)/b17-11-. The molecular weight excluding hydrogens is 382 g/mol. The van der Waals surface area contributed by atoms with Crippen LogP contribution < -0.4 is 5.32 Å². The maximum atomic E-state index is 12.4. The van der Waals surface area contributed by atoms with Gasteiger partial charge in [-0.3, -0.25) is 9.69 Å². The number of nitrogens with zero attached hydrogens (tertiary/aromatic N) is 2. The Labute approximate surface area is 155 Å². The van der Waals surface area contributed by atoms with Gasteiger partial charge in [0, 0.05) is 28.1 Å². The second kappa shape index (κ2) is 6.88. The van der Waals surface area contributed by atoms with E-state index >= 15 is 0 Å². The van der Waals surface area contributed by atoms with Gasteiger partial charge in [0.15, 0.2) is 0 Å². The molecule has 2 aromatic rings. The van der Waals surface area contributed by atoms with Gasteiger partial charge in [-0.05, 0) is 62.2 Å². The molecule has 5 nitrogen and oxygen atoms in total. The van der Waals surface area contributed by atoms with Crippen molar-refractivity contribution in [2.75, 3.05) is 6.54 Å². The molecule has 0 saturated carbocycles. The van der Waals surface area contributed by atoms with Crippen molar-refractivity contribution in [3.8, 4) is 5.69 Å². The summed E-state index contributed by atoms with van der Waals surface area (Å²) in [5, 5.41) is 2.67. The molecule has 1 saturated heterocycles. The lowest BCUT2D eigenvalue weighted by Crippen LogP contribution is -2.31. The number of imide groups is 1. The summed E-state index contributed by atoms with van der Waals surface area (Å²) < 4.78 is 3.15. The first-order valence-corrected chi connectivity index (χ1v) is 9.01. The molecule has 1 aromatic carbocycles. The second-order valence-corrected chi connectivity index (χ2v) is 7.00. The monoisotopic (exact) mass is 401 g/mol. The molecule has 0 bridgehead atoms. The van der Waals surface area contributed by atoms with Gasteiger partial charge in [0.2, 0.25) is 0 Å². The molecule has 6 heteroatoms. The number of aryl methyl sites for hydroxylation is 1. The van der Waals surface area contributed by atoms with Crippen molar-refractivity contribution in [2.45, 2.75) is 27.2 Å². The van der Waals surface area contributed by atoms with Crippen molar-refractivity contribution >= 4 is 33.9 Å². The lowest BCUT2D eigenvalue weighted by Gasteiger charge is -2.10. The molecule has 1 aromatic heterocycles. The molecule has 2 heterocycles. The highest BCUT2D eigenvalue weighted by atomic mass is 79.9. The van der Waals surface area contributed by atoms with Gasteiger partial charge >= 0.3 is 6.03 Å². The van der Waals surface area contributed by atoms with Gasteiger partial charge in [0.1, 0.15) is 5.70 Å². The van der Waals surface area contributed by atoms with E-state index in [9.17, 15) is 9.59 Å². The minimum absolute atomic E-state index is 0.264. The maximum Gasteiger partial charge on any atom is 0.329 e. The summed E-state index contributed by atoms with van der Waals surface area (Å²) in [4.78, 5) is 25.6. The highest BCUT2D eigenvalue weighted by Crippen LogP contribution is 2.25. The van der Waals surface area contributed by atoms with Crippen molar-refractivity contribution in [1.29, 1.82) is 0 Å². The highest BCUT2D eigenvalue weighted by Gasteiger charge is 2.32. The van der Waals surface area contributed by atoms with Crippen molar-refractivity contribution in [2.24, 2.45) is 0 Å². The molecule has 0 radical (unpaired) electrons. The van der Waals surface area contributed by atoms with Crippen LogP contribution in [0.1, 0.15) is 30.3 Å². The topological polar surface area (TPSA) is 54.3 Å². The zero-order chi connectivity index (χ0) is 18.1. The van der Waals surface area contributed by atoms with Gasteiger partial charge in [0.25, 0.3) is 5.91 Å². The van der Waals surface area contributed by atoms with Crippen LogP contribution in [0.5, 0.6) is 0 Å². The third-order valence-corrected chi connectivity index (χ3v) is 4.79. The number of carbonyl (C=O) groups excluding carboxylic acids is 2. The fourth-order valence-corrected chi connectivity index (χ4v) is 3.34. The number of hydrogen-bond acceptors (Lipinski definition) is 2. The van der Waals surface area contributed by atoms with E-state index in [0.29, 0.717) is 12.2 Å². The van der Waals surface area contributed by atoms with Crippen molar-refractivity contribution in [1.82, 2.24) is 14.8 Å². The quantitative estimate of drug-likeness (QED) is 0.617. The summed E-state index contributed by atoms with van der Waals surface area (Å²) in [6.07, 6.45) is 2.50. The Morgan fingerprint density at radius 3 is 2.48 bits per heavy atom. The number of rotatable bonds is 4. The number of amides is 3. The average Bonchev–Trinajstić information content (AvgIpc) is 3.00. The van der Waals surface area contributed by atoms with Crippen molar-refractivity contribution in [3.63, 3.8) is 0 Å². The molecule has 0 unspecified atom stereocenters. The van der Waals surface area contributed by atoms with Crippen LogP contribution in [-0.4, -0.2) is 28.0 Å². The molecule has 3 rings (SSSR count). The number of hydrogen-bond donors (Lipinski definition) is 1. The molecule has 1 N–H and O–H groups in total. The average molecular weight is 402 g/mol. The SMILES string of the molecule is CCCN1C(=O)N/C(=C\c2cc(C)n(-c3ccc(Br)cc3)c2C)C1=O. The predicted octanol–water partition coefficient (Wildman–Crippen LogP) is 4.16. The van der Waals surface area contributed by atoms with E-state index in [1.807, 2.05) is 51.1 Å². The smallest absolute Gasteiger partial charge is 0.318 e. The number of aromatic nitrogens is 1. The molecule has 1 fully saturated rings. The fourth-order valence-electron chi connectivity index (χ4n) is 3.08. The van der Waals surface area contributed by atoms with Crippen LogP contribution in [0.4, 0.5) is 4.79 Å². The first-order valence-electron chi connectivity index (χ1n) is 8.21. The summed E-state index contributed by atoms with van der Waals surface area (Å²) in [6, 6.07) is 9.73. The summed E-state index contributed by atoms with van der Waals surface area (Å²) in [6.45, 7) is 6.40. The summed E-state index contributed by atoms with van der Waals surface area (Å²) in [5.74, 6) is -0.264. The van der Waals surface area contributed by atoms with Crippen molar-refractivity contribution < 1.29 is 9.59 Å². The molecule has 0 spiro atoms. The first kappa shape index (κ1) is 17.5. The van der Waals surface area contributed by atoms with E-state index in [1.54, 1.807) is 6.08 Å². The van der Waals surface area contributed by atoms with Gasteiger partial charge < -0.3 is 9.88 Å². The Balaban J connectivity index is 1.97. The minimum atomic E-state index is -0.347. The fraction of sp³-hybridized carbons (Fsp3) is 0.263. The van der Waals surface area contributed by atoms with Gasteiger partial charge in [-0.2, -0.15) is 0 Å². The molecule has 130 valence electrons. The number of halogens is 1. The van der Waals surface area contributed by atoms with E-state index in [-0.39, 0.29) is 11.9 Å². The van der Waals surface area contributed by atoms with Gasteiger partial charge in [-0.1, -0.05) is 22.9 Å². The molecule has 3 amide bonds. The van der Waals surface area contributed by atoms with Crippen molar-refractivity contribution in [3.05, 3.63) is 57.5 Å². The Hall–Kier alpha value is -2.34. The Morgan fingerprint density at radius 1 is 1.16 bits per heavy atom. The lowest BCUT2D eigenvalue weighted by molar-refractivity contribution is -0.122. The number of nitrogens with one attached hydrogen (secondary N) is 1. The zero-order valence-corrected chi connectivity index (χ0v) is 16.1. The highest BCUT2D eigenvalue weighted by molar-refractivity contribution is 9.10. The summed E-state index contributed by atoms with van der Waals surface area (Å²) >= 11 is 3.45. The summed E-state index contributed by atoms with van der Waals surface area (Å²) in [5.41, 5.74) is 4.38. The third-order valence-electron chi connectivity index (χ3n) is 4.26. The largest absolute Gasteiger partial charge is 0.329 e. The predicted molar refractivity (Wildman–Crippen MR) is 101 cm³/mol. The van der Waals surface area contributed by atoms with Crippen LogP contribution in [0.15, 0.2) is 40.5 Å². The number of urea groups is 1.